The van der Waals surface area contributed by atoms with Crippen LogP contribution < -0.4 is 5.32 Å². The van der Waals surface area contributed by atoms with Gasteiger partial charge in [0.1, 0.15) is 6.79 Å². The largest absolute Gasteiger partial charge is 0.355 e. The molecular weight excluding hydrogens is 166 g/mol. The first-order valence-corrected chi connectivity index (χ1v) is 4.86. The molecule has 3 nitrogen and oxygen atoms in total. The third-order valence-electron chi connectivity index (χ3n) is 2.19. The van der Waals surface area contributed by atoms with Gasteiger partial charge in [0.25, 0.3) is 0 Å². The maximum Gasteiger partial charge on any atom is 0.147 e. The molecule has 0 aliphatic carbocycles. The molecule has 0 spiro atoms. The molecule has 0 bridgehead atoms. The van der Waals surface area contributed by atoms with Gasteiger partial charge in [-0.2, -0.15) is 0 Å². The van der Waals surface area contributed by atoms with Gasteiger partial charge in [-0.25, -0.2) is 0 Å². The van der Waals surface area contributed by atoms with Crippen LogP contribution in [0.25, 0.3) is 0 Å². The molecule has 76 valence electrons. The molecule has 1 heterocycles. The van der Waals surface area contributed by atoms with Crippen molar-refractivity contribution in [1.29, 1.82) is 0 Å². The van der Waals surface area contributed by atoms with E-state index in [9.17, 15) is 0 Å². The molecule has 0 amide bonds. The average molecular weight is 185 g/mol. The lowest BCUT2D eigenvalue weighted by Gasteiger charge is -2.24. The van der Waals surface area contributed by atoms with Crippen molar-refractivity contribution in [2.75, 3.05) is 19.9 Å². The molecule has 13 heavy (non-hydrogen) atoms. The van der Waals surface area contributed by atoms with Crippen LogP contribution in [0.1, 0.15) is 19.8 Å². The van der Waals surface area contributed by atoms with Crippen LogP contribution in [0.15, 0.2) is 12.7 Å². The quantitative estimate of drug-likeness (QED) is 0.655. The van der Waals surface area contributed by atoms with Crippen molar-refractivity contribution in [2.45, 2.75) is 31.9 Å². The molecule has 1 aliphatic heterocycles. The number of rotatable bonds is 5. The Morgan fingerprint density at radius 3 is 3.15 bits per heavy atom. The zero-order chi connectivity index (χ0) is 9.52. The molecule has 3 heteroatoms. The van der Waals surface area contributed by atoms with Crippen LogP contribution in [-0.4, -0.2) is 32.1 Å². The highest BCUT2D eigenvalue weighted by Crippen LogP contribution is 2.05. The summed E-state index contributed by atoms with van der Waals surface area (Å²) in [5.41, 5.74) is 0. The van der Waals surface area contributed by atoms with Crippen LogP contribution in [0.5, 0.6) is 0 Å². The SMILES string of the molecule is C=CCC(C)NCC1CCOCO1. The lowest BCUT2D eigenvalue weighted by atomic mass is 10.2. The predicted molar refractivity (Wildman–Crippen MR) is 52.6 cm³/mol. The zero-order valence-electron chi connectivity index (χ0n) is 8.29. The van der Waals surface area contributed by atoms with E-state index in [2.05, 4.69) is 18.8 Å². The average Bonchev–Trinajstić information content (AvgIpc) is 2.17. The van der Waals surface area contributed by atoms with Crippen LogP contribution in [0.2, 0.25) is 0 Å². The Morgan fingerprint density at radius 1 is 1.69 bits per heavy atom. The van der Waals surface area contributed by atoms with Gasteiger partial charge in [0, 0.05) is 12.6 Å². The second kappa shape index (κ2) is 6.13. The minimum absolute atomic E-state index is 0.320. The van der Waals surface area contributed by atoms with Gasteiger partial charge in [-0.05, 0) is 19.8 Å². The Kier molecular flexibility index (Phi) is 5.05. The van der Waals surface area contributed by atoms with Gasteiger partial charge in [-0.3, -0.25) is 0 Å². The number of hydrogen-bond acceptors (Lipinski definition) is 3. The van der Waals surface area contributed by atoms with Crippen molar-refractivity contribution >= 4 is 0 Å². The molecule has 1 rings (SSSR count). The summed E-state index contributed by atoms with van der Waals surface area (Å²) < 4.78 is 10.5. The van der Waals surface area contributed by atoms with Gasteiger partial charge < -0.3 is 14.8 Å². The molecule has 1 fully saturated rings. The highest BCUT2D eigenvalue weighted by Gasteiger charge is 2.14. The van der Waals surface area contributed by atoms with Gasteiger partial charge in [-0.1, -0.05) is 6.08 Å². The highest BCUT2D eigenvalue weighted by atomic mass is 16.7. The molecule has 2 unspecified atom stereocenters. The second-order valence-electron chi connectivity index (χ2n) is 3.44. The minimum atomic E-state index is 0.320. The summed E-state index contributed by atoms with van der Waals surface area (Å²) in [6, 6.07) is 0.490. The van der Waals surface area contributed by atoms with E-state index in [1.165, 1.54) is 0 Å². The second-order valence-corrected chi connectivity index (χ2v) is 3.44. The van der Waals surface area contributed by atoms with E-state index in [-0.39, 0.29) is 0 Å². The Balaban J connectivity index is 2.06. The normalized spacial score (nSPS) is 25.5. The molecule has 0 aromatic rings. The van der Waals surface area contributed by atoms with Crippen molar-refractivity contribution in [1.82, 2.24) is 5.32 Å². The van der Waals surface area contributed by atoms with Gasteiger partial charge in [0.15, 0.2) is 0 Å². The fourth-order valence-electron chi connectivity index (χ4n) is 1.33. The number of hydrogen-bond donors (Lipinski definition) is 1. The molecule has 2 atom stereocenters. The molecule has 1 aliphatic rings. The molecule has 1 N–H and O–H groups in total. The fourth-order valence-corrected chi connectivity index (χ4v) is 1.33. The Labute approximate surface area is 80.1 Å². The van der Waals surface area contributed by atoms with Crippen LogP contribution in [0.3, 0.4) is 0 Å². The molecule has 0 aromatic carbocycles. The van der Waals surface area contributed by atoms with E-state index in [4.69, 9.17) is 9.47 Å². The first-order valence-electron chi connectivity index (χ1n) is 4.86. The van der Waals surface area contributed by atoms with Crippen molar-refractivity contribution in [3.05, 3.63) is 12.7 Å². The molecule has 1 saturated heterocycles. The summed E-state index contributed by atoms with van der Waals surface area (Å²) in [5.74, 6) is 0. The van der Waals surface area contributed by atoms with E-state index in [1.807, 2.05) is 6.08 Å². The van der Waals surface area contributed by atoms with E-state index in [0.717, 1.165) is 26.0 Å². The van der Waals surface area contributed by atoms with E-state index in [0.29, 0.717) is 18.9 Å². The third-order valence-corrected chi connectivity index (χ3v) is 2.19. The highest BCUT2D eigenvalue weighted by molar-refractivity contribution is 4.76. The summed E-state index contributed by atoms with van der Waals surface area (Å²) >= 11 is 0. The first kappa shape index (κ1) is 10.7. The Bertz CT molecular complexity index is 144. The summed E-state index contributed by atoms with van der Waals surface area (Å²) in [6.45, 7) is 8.04. The lowest BCUT2D eigenvalue weighted by Crippen LogP contribution is -2.37. The smallest absolute Gasteiger partial charge is 0.147 e. The maximum atomic E-state index is 5.40. The van der Waals surface area contributed by atoms with Crippen molar-refractivity contribution in [2.24, 2.45) is 0 Å². The minimum Gasteiger partial charge on any atom is -0.355 e. The van der Waals surface area contributed by atoms with Crippen LogP contribution in [-0.2, 0) is 9.47 Å². The van der Waals surface area contributed by atoms with Gasteiger partial charge in [-0.15, -0.1) is 6.58 Å². The predicted octanol–water partition coefficient (Wildman–Crippen LogP) is 1.30. The van der Waals surface area contributed by atoms with Crippen molar-refractivity contribution in [3.63, 3.8) is 0 Å². The van der Waals surface area contributed by atoms with Crippen LogP contribution in [0.4, 0.5) is 0 Å². The Hall–Kier alpha value is -0.380. The summed E-state index contributed by atoms with van der Waals surface area (Å²) in [4.78, 5) is 0. The monoisotopic (exact) mass is 185 g/mol. The van der Waals surface area contributed by atoms with Crippen molar-refractivity contribution < 1.29 is 9.47 Å². The Morgan fingerprint density at radius 2 is 2.54 bits per heavy atom. The number of ether oxygens (including phenoxy) is 2. The van der Waals surface area contributed by atoms with Gasteiger partial charge in [0.2, 0.25) is 0 Å². The molecule has 0 saturated carbocycles. The third kappa shape index (κ3) is 4.41. The summed E-state index contributed by atoms with van der Waals surface area (Å²) in [5, 5.41) is 3.40. The fraction of sp³-hybridized carbons (Fsp3) is 0.800. The van der Waals surface area contributed by atoms with Gasteiger partial charge in [0.05, 0.1) is 12.7 Å². The van der Waals surface area contributed by atoms with Crippen molar-refractivity contribution in [3.8, 4) is 0 Å². The molecular formula is C10H19NO2. The van der Waals surface area contributed by atoms with Crippen LogP contribution in [0, 0.1) is 0 Å². The summed E-state index contributed by atoms with van der Waals surface area (Å²) in [7, 11) is 0. The standard InChI is InChI=1S/C10H19NO2/c1-3-4-9(2)11-7-10-5-6-12-8-13-10/h3,9-11H,1,4-8H2,2H3. The zero-order valence-corrected chi connectivity index (χ0v) is 8.29. The topological polar surface area (TPSA) is 30.5 Å². The first-order chi connectivity index (χ1) is 6.33. The molecule has 0 radical (unpaired) electrons. The van der Waals surface area contributed by atoms with E-state index < -0.39 is 0 Å². The van der Waals surface area contributed by atoms with Gasteiger partial charge >= 0.3 is 0 Å². The summed E-state index contributed by atoms with van der Waals surface area (Å²) in [6.07, 6.45) is 4.25. The van der Waals surface area contributed by atoms with E-state index >= 15 is 0 Å². The number of nitrogens with one attached hydrogen (secondary N) is 1. The van der Waals surface area contributed by atoms with Crippen LogP contribution >= 0.6 is 0 Å². The van der Waals surface area contributed by atoms with E-state index in [1.54, 1.807) is 0 Å². The maximum absolute atomic E-state index is 5.40. The lowest BCUT2D eigenvalue weighted by molar-refractivity contribution is -0.137. The molecule has 0 aromatic heterocycles.